The highest BCUT2D eigenvalue weighted by molar-refractivity contribution is 5.97. The van der Waals surface area contributed by atoms with Gasteiger partial charge in [-0.3, -0.25) is 0 Å². The Morgan fingerprint density at radius 2 is 0.431 bits per heavy atom. The Hall–Kier alpha value is -7.80. The molecule has 566 valence electrons. The van der Waals surface area contributed by atoms with Crippen molar-refractivity contribution in [2.45, 2.75) is 268 Å². The summed E-state index contributed by atoms with van der Waals surface area (Å²) < 4.78 is 0. The van der Waals surface area contributed by atoms with E-state index in [2.05, 4.69) is 320 Å². The highest BCUT2D eigenvalue weighted by Gasteiger charge is 2.49. The zero-order valence-corrected chi connectivity index (χ0v) is 70.8. The van der Waals surface area contributed by atoms with Gasteiger partial charge in [0.2, 0.25) is 0 Å². The second kappa shape index (κ2) is 29.7. The Morgan fingerprint density at radius 1 is 0.193 bits per heavy atom. The summed E-state index contributed by atoms with van der Waals surface area (Å²) in [5.41, 5.74) is 42.6. The van der Waals surface area contributed by atoms with E-state index in [9.17, 15) is 0 Å². The molecular formula is C109H130. The standard InChI is InChI=1S/C109H130/c1-67(2)41-49-106(50-42-68(3)4)96-28-24-22-26-84(96)93-59-81(34-40-97(93)106)90-65-94-92-57-75(17)76(18)58-98(92)105(19,20)99(94)66-91(90)82-33-39-89-88-38-32-80(63-103(88)109(104(89)64-82,55-47-73(13)14)56-48-74(15)16)79-31-37-87-86-36-30-78(61-101(86)108(102(87)62-79,53-45-71(9)10)54-46-72(11)12)77-29-35-85-83-25-21-23-27-95(83)107(100(85)60-77,51-43-69(5)6)52-44-70(7)8/h21-40,57-74H,41-56H2,1-20H3. The molecule has 0 bridgehead atoms. The minimum Gasteiger partial charge on any atom is -0.0628 e. The molecule has 5 aliphatic rings. The smallest absolute Gasteiger partial charge is 0.0215 e. The van der Waals surface area contributed by atoms with Crippen LogP contribution in [0.4, 0.5) is 0 Å². The minimum absolute atomic E-state index is 0.00199. The number of hydrogen-bond donors (Lipinski definition) is 0. The first-order chi connectivity index (χ1) is 52.1. The van der Waals surface area contributed by atoms with Crippen LogP contribution in [0.15, 0.2) is 182 Å². The Morgan fingerprint density at radius 3 is 0.798 bits per heavy atom. The van der Waals surface area contributed by atoms with Crippen LogP contribution in [-0.2, 0) is 27.1 Å². The quantitative estimate of drug-likeness (QED) is 0.0458. The first kappa shape index (κ1) is 76.6. The van der Waals surface area contributed by atoms with Gasteiger partial charge in [0.1, 0.15) is 0 Å². The van der Waals surface area contributed by atoms with E-state index in [0.717, 1.165) is 38.5 Å². The van der Waals surface area contributed by atoms with E-state index in [-0.39, 0.29) is 27.1 Å². The number of fused-ring (bicyclic) bond motifs is 15. The van der Waals surface area contributed by atoms with Gasteiger partial charge in [-0.2, -0.15) is 0 Å². The second-order valence-electron chi connectivity index (χ2n) is 39.5. The lowest BCUT2D eigenvalue weighted by Gasteiger charge is -2.35. The monoisotopic (exact) mass is 1440 g/mol. The summed E-state index contributed by atoms with van der Waals surface area (Å²) in [6.07, 6.45) is 18.8. The molecule has 0 N–H and O–H groups in total. The van der Waals surface area contributed by atoms with Gasteiger partial charge in [0.05, 0.1) is 0 Å². The molecular weight excluding hydrogens is 1310 g/mol. The Balaban J connectivity index is 0.871. The Bertz CT molecular complexity index is 5020. The molecule has 15 rings (SSSR count). The molecule has 0 fully saturated rings. The summed E-state index contributed by atoms with van der Waals surface area (Å²) in [6, 6.07) is 76.0. The van der Waals surface area contributed by atoms with Crippen molar-refractivity contribution in [3.8, 4) is 100 Å². The number of benzene rings is 10. The van der Waals surface area contributed by atoms with Crippen molar-refractivity contribution in [2.24, 2.45) is 47.3 Å². The van der Waals surface area contributed by atoms with Gasteiger partial charge in [0.15, 0.2) is 0 Å². The summed E-state index contributed by atoms with van der Waals surface area (Å²) in [4.78, 5) is 0. The molecule has 0 aliphatic heterocycles. The van der Waals surface area contributed by atoms with Gasteiger partial charge in [-0.05, 0) is 379 Å². The topological polar surface area (TPSA) is 0 Å². The fourth-order valence-electron chi connectivity index (χ4n) is 21.4. The lowest BCUT2D eigenvalue weighted by molar-refractivity contribution is 0.364. The van der Waals surface area contributed by atoms with E-state index in [1.807, 2.05) is 0 Å². The van der Waals surface area contributed by atoms with E-state index >= 15 is 0 Å². The van der Waals surface area contributed by atoms with Crippen LogP contribution >= 0.6 is 0 Å². The molecule has 10 aromatic rings. The number of aryl methyl sites for hydroxylation is 2. The molecule has 10 aromatic carbocycles. The predicted molar refractivity (Wildman–Crippen MR) is 473 cm³/mol. The van der Waals surface area contributed by atoms with Gasteiger partial charge in [0, 0.05) is 27.1 Å². The maximum Gasteiger partial charge on any atom is 0.0215 e. The zero-order valence-electron chi connectivity index (χ0n) is 70.8. The molecule has 0 heteroatoms. The van der Waals surface area contributed by atoms with Gasteiger partial charge in [0.25, 0.3) is 0 Å². The van der Waals surface area contributed by atoms with Crippen LogP contribution in [-0.4, -0.2) is 0 Å². The molecule has 0 radical (unpaired) electrons. The molecule has 5 aliphatic carbocycles. The van der Waals surface area contributed by atoms with E-state index < -0.39 is 0 Å². The van der Waals surface area contributed by atoms with E-state index in [1.165, 1.54) is 198 Å². The van der Waals surface area contributed by atoms with Crippen LogP contribution < -0.4 is 0 Å². The normalized spacial score (nSPS) is 15.9. The number of rotatable bonds is 28. The summed E-state index contributed by atoms with van der Waals surface area (Å²) in [5.74, 6) is 4.87. The predicted octanol–water partition coefficient (Wildman–Crippen LogP) is 31.8. The van der Waals surface area contributed by atoms with E-state index in [4.69, 9.17) is 0 Å². The van der Waals surface area contributed by atoms with Crippen LogP contribution in [0.5, 0.6) is 0 Å². The third kappa shape index (κ3) is 13.4. The van der Waals surface area contributed by atoms with Gasteiger partial charge < -0.3 is 0 Å². The molecule has 0 heterocycles. The van der Waals surface area contributed by atoms with Crippen LogP contribution in [0.25, 0.3) is 100 Å². The average Bonchev–Trinajstić information content (AvgIpc) is 1.57. The largest absolute Gasteiger partial charge is 0.0628 e. The third-order valence-electron chi connectivity index (χ3n) is 28.2. The molecule has 109 heavy (non-hydrogen) atoms. The summed E-state index contributed by atoms with van der Waals surface area (Å²) >= 11 is 0. The summed E-state index contributed by atoms with van der Waals surface area (Å²) in [5, 5.41) is 0. The zero-order chi connectivity index (χ0) is 77.0. The van der Waals surface area contributed by atoms with Crippen LogP contribution in [0.2, 0.25) is 0 Å². The highest BCUT2D eigenvalue weighted by atomic mass is 14.5. The molecule has 0 amide bonds. The average molecular weight is 1440 g/mol. The van der Waals surface area contributed by atoms with E-state index in [0.29, 0.717) is 47.3 Å². The fourth-order valence-corrected chi connectivity index (χ4v) is 21.4. The first-order valence-corrected chi connectivity index (χ1v) is 43.5. The lowest BCUT2D eigenvalue weighted by atomic mass is 9.68. The van der Waals surface area contributed by atoms with Crippen LogP contribution in [0.1, 0.15) is 294 Å². The van der Waals surface area contributed by atoms with Crippen molar-refractivity contribution in [3.05, 3.63) is 249 Å². The fraction of sp³-hybridized carbons (Fsp3) is 0.450. The maximum absolute atomic E-state index is 2.74. The minimum atomic E-state index is -0.177. The second-order valence-corrected chi connectivity index (χ2v) is 39.5. The van der Waals surface area contributed by atoms with Crippen molar-refractivity contribution >= 4 is 0 Å². The maximum atomic E-state index is 2.74. The molecule has 0 saturated carbocycles. The molecule has 0 saturated heterocycles. The molecule has 0 spiro atoms. The van der Waals surface area contributed by atoms with Crippen molar-refractivity contribution < 1.29 is 0 Å². The van der Waals surface area contributed by atoms with Crippen LogP contribution in [0, 0.1) is 61.2 Å². The van der Waals surface area contributed by atoms with Gasteiger partial charge >= 0.3 is 0 Å². The van der Waals surface area contributed by atoms with Crippen molar-refractivity contribution in [1.82, 2.24) is 0 Å². The van der Waals surface area contributed by atoms with Gasteiger partial charge in [-0.25, -0.2) is 0 Å². The SMILES string of the molecule is Cc1cc2c(cc1C)C(C)(C)c1cc(-c3ccc4c(c3)C(CCC(C)C)(CCC(C)C)c3cc(-c5ccc6c(c5)C(CCC(C)C)(CCC(C)C)c5cc(-c7ccc8c(c7)C(CCC(C)C)(CCC(C)C)c7ccccc7-8)ccc5-6)ccc3-4)c(-c3ccc4c(c3)-c3ccccc3C4(CCC(C)C)CCC(C)C)cc1-2. The summed E-state index contributed by atoms with van der Waals surface area (Å²) in [6.45, 7) is 48.6. The van der Waals surface area contributed by atoms with E-state index in [1.54, 1.807) is 33.4 Å². The highest BCUT2D eigenvalue weighted by Crippen LogP contribution is 2.63. The molecule has 0 nitrogen and oxygen atoms in total. The van der Waals surface area contributed by atoms with Crippen molar-refractivity contribution in [2.75, 3.05) is 0 Å². The van der Waals surface area contributed by atoms with Gasteiger partial charge in [-0.15, -0.1) is 0 Å². The molecule has 0 unspecified atom stereocenters. The molecule has 0 atom stereocenters. The summed E-state index contributed by atoms with van der Waals surface area (Å²) in [7, 11) is 0. The first-order valence-electron chi connectivity index (χ1n) is 43.5. The van der Waals surface area contributed by atoms with Crippen molar-refractivity contribution in [1.29, 1.82) is 0 Å². The Kier molecular flexibility index (Phi) is 20.9. The number of hydrogen-bond acceptors (Lipinski definition) is 0. The van der Waals surface area contributed by atoms with Crippen LogP contribution in [0.3, 0.4) is 0 Å². The van der Waals surface area contributed by atoms with Crippen molar-refractivity contribution in [3.63, 3.8) is 0 Å². The van der Waals surface area contributed by atoms with Gasteiger partial charge in [-0.1, -0.05) is 258 Å². The Labute approximate surface area is 660 Å². The molecule has 0 aromatic heterocycles. The lowest BCUT2D eigenvalue weighted by Crippen LogP contribution is -2.27. The third-order valence-corrected chi connectivity index (χ3v) is 28.2.